The van der Waals surface area contributed by atoms with Crippen LogP contribution in [0.2, 0.25) is 0 Å². The van der Waals surface area contributed by atoms with Gasteiger partial charge in [0.2, 0.25) is 0 Å². The number of benzene rings is 1. The number of hydrogen-bond acceptors (Lipinski definition) is 3. The first-order valence-corrected chi connectivity index (χ1v) is 6.44. The van der Waals surface area contributed by atoms with Gasteiger partial charge >= 0.3 is 5.97 Å². The van der Waals surface area contributed by atoms with Crippen molar-refractivity contribution in [2.45, 2.75) is 25.8 Å². The van der Waals surface area contributed by atoms with Crippen molar-refractivity contribution in [3.63, 3.8) is 0 Å². The van der Waals surface area contributed by atoms with Gasteiger partial charge in [0.25, 0.3) is 5.56 Å². The lowest BCUT2D eigenvalue weighted by atomic mass is 10.2. The number of carboxylic acids is 1. The Labute approximate surface area is 114 Å². The van der Waals surface area contributed by atoms with E-state index in [-0.39, 0.29) is 12.0 Å². The van der Waals surface area contributed by atoms with Crippen LogP contribution in [0.5, 0.6) is 0 Å². The Hall–Kier alpha value is -1.95. The van der Waals surface area contributed by atoms with Gasteiger partial charge in [-0.2, -0.15) is 0 Å². The van der Waals surface area contributed by atoms with Crippen LogP contribution >= 0.6 is 12.2 Å². The highest BCUT2D eigenvalue weighted by Gasteiger charge is 2.05. The van der Waals surface area contributed by atoms with Gasteiger partial charge < -0.3 is 10.1 Å². The van der Waals surface area contributed by atoms with E-state index in [0.29, 0.717) is 29.5 Å². The van der Waals surface area contributed by atoms with Gasteiger partial charge in [0.05, 0.1) is 10.9 Å². The summed E-state index contributed by atoms with van der Waals surface area (Å²) in [6, 6.07) is 7.19. The molecule has 0 aliphatic heterocycles. The molecule has 1 aromatic heterocycles. The number of H-pyrrole nitrogens is 1. The van der Waals surface area contributed by atoms with Crippen LogP contribution in [0.15, 0.2) is 29.1 Å². The van der Waals surface area contributed by atoms with Crippen LogP contribution in [0.3, 0.4) is 0 Å². The highest BCUT2D eigenvalue weighted by molar-refractivity contribution is 7.71. The van der Waals surface area contributed by atoms with Crippen molar-refractivity contribution in [1.82, 2.24) is 9.55 Å². The van der Waals surface area contributed by atoms with E-state index in [1.54, 1.807) is 18.2 Å². The van der Waals surface area contributed by atoms with Crippen molar-refractivity contribution in [2.24, 2.45) is 0 Å². The Kier molecular flexibility index (Phi) is 4.11. The lowest BCUT2D eigenvalue weighted by Crippen LogP contribution is -2.22. The molecular formula is C13H14N2O3S. The molecule has 5 nitrogen and oxygen atoms in total. The first-order chi connectivity index (χ1) is 9.09. The van der Waals surface area contributed by atoms with E-state index in [1.165, 1.54) is 4.57 Å². The van der Waals surface area contributed by atoms with Crippen molar-refractivity contribution < 1.29 is 9.90 Å². The summed E-state index contributed by atoms with van der Waals surface area (Å²) in [7, 11) is 0. The van der Waals surface area contributed by atoms with Crippen molar-refractivity contribution in [2.75, 3.05) is 0 Å². The molecule has 19 heavy (non-hydrogen) atoms. The van der Waals surface area contributed by atoms with Crippen LogP contribution in [-0.4, -0.2) is 20.6 Å². The predicted octanol–water partition coefficient (Wildman–Crippen LogP) is 2.31. The number of carboxylic acid groups (broad SMARTS) is 1. The van der Waals surface area contributed by atoms with Crippen LogP contribution in [-0.2, 0) is 11.3 Å². The smallest absolute Gasteiger partial charge is 0.303 e. The topological polar surface area (TPSA) is 75.1 Å². The fourth-order valence-electron chi connectivity index (χ4n) is 1.95. The Bertz CT molecular complexity index is 718. The fraction of sp³-hybridized carbons (Fsp3) is 0.308. The van der Waals surface area contributed by atoms with E-state index < -0.39 is 5.97 Å². The minimum atomic E-state index is -0.823. The molecule has 6 heteroatoms. The van der Waals surface area contributed by atoms with Gasteiger partial charge in [-0.1, -0.05) is 12.1 Å². The molecule has 0 bridgehead atoms. The van der Waals surface area contributed by atoms with E-state index in [1.807, 2.05) is 6.07 Å². The molecule has 0 spiro atoms. The van der Waals surface area contributed by atoms with Crippen LogP contribution in [0, 0.1) is 4.77 Å². The normalized spacial score (nSPS) is 10.7. The summed E-state index contributed by atoms with van der Waals surface area (Å²) >= 11 is 5.16. The van der Waals surface area contributed by atoms with Crippen LogP contribution in [0.25, 0.3) is 10.9 Å². The Morgan fingerprint density at radius 1 is 1.32 bits per heavy atom. The number of rotatable bonds is 5. The number of aromatic amines is 1. The summed E-state index contributed by atoms with van der Waals surface area (Å²) < 4.78 is 1.86. The Morgan fingerprint density at radius 3 is 2.79 bits per heavy atom. The van der Waals surface area contributed by atoms with E-state index in [9.17, 15) is 9.59 Å². The molecule has 0 aliphatic carbocycles. The summed E-state index contributed by atoms with van der Waals surface area (Å²) in [6.07, 6.45) is 1.25. The van der Waals surface area contributed by atoms with Gasteiger partial charge in [-0.15, -0.1) is 0 Å². The first kappa shape index (κ1) is 13.5. The maximum absolute atomic E-state index is 12.2. The molecule has 1 aromatic carbocycles. The molecule has 0 saturated heterocycles. The molecule has 2 aromatic rings. The maximum atomic E-state index is 12.2. The molecule has 0 radical (unpaired) electrons. The molecule has 100 valence electrons. The predicted molar refractivity (Wildman–Crippen MR) is 74.9 cm³/mol. The first-order valence-electron chi connectivity index (χ1n) is 6.03. The molecule has 1 heterocycles. The molecule has 0 aliphatic rings. The number of para-hydroxylation sites is 1. The number of fused-ring (bicyclic) bond motifs is 1. The molecule has 0 amide bonds. The van der Waals surface area contributed by atoms with Gasteiger partial charge in [0.15, 0.2) is 4.77 Å². The van der Waals surface area contributed by atoms with Gasteiger partial charge in [0, 0.05) is 13.0 Å². The molecular weight excluding hydrogens is 264 g/mol. The summed E-state index contributed by atoms with van der Waals surface area (Å²) in [5.41, 5.74) is 0.592. The zero-order valence-corrected chi connectivity index (χ0v) is 11.1. The summed E-state index contributed by atoms with van der Waals surface area (Å²) in [5.74, 6) is -0.823. The zero-order chi connectivity index (χ0) is 13.8. The average Bonchev–Trinajstić information content (AvgIpc) is 2.37. The third-order valence-electron chi connectivity index (χ3n) is 2.91. The van der Waals surface area contributed by atoms with Crippen molar-refractivity contribution in [3.05, 3.63) is 39.4 Å². The number of aliphatic carboxylic acids is 1. The highest BCUT2D eigenvalue weighted by atomic mass is 32.1. The fourth-order valence-corrected chi connectivity index (χ4v) is 2.23. The van der Waals surface area contributed by atoms with Crippen LogP contribution in [0.4, 0.5) is 0 Å². The number of unbranched alkanes of at least 4 members (excludes halogenated alkanes) is 1. The van der Waals surface area contributed by atoms with Gasteiger partial charge in [-0.25, -0.2) is 0 Å². The average molecular weight is 278 g/mol. The molecule has 0 saturated carbocycles. The summed E-state index contributed by atoms with van der Waals surface area (Å²) in [5, 5.41) is 9.16. The highest BCUT2D eigenvalue weighted by Crippen LogP contribution is 2.07. The Morgan fingerprint density at radius 2 is 2.05 bits per heavy atom. The van der Waals surface area contributed by atoms with Crippen molar-refractivity contribution in [1.29, 1.82) is 0 Å². The third kappa shape index (κ3) is 3.08. The van der Waals surface area contributed by atoms with E-state index in [4.69, 9.17) is 17.3 Å². The lowest BCUT2D eigenvalue weighted by Gasteiger charge is -2.07. The van der Waals surface area contributed by atoms with Crippen LogP contribution in [0.1, 0.15) is 19.3 Å². The third-order valence-corrected chi connectivity index (χ3v) is 3.23. The molecule has 2 rings (SSSR count). The minimum Gasteiger partial charge on any atom is -0.481 e. The van der Waals surface area contributed by atoms with E-state index >= 15 is 0 Å². The number of aromatic nitrogens is 2. The second kappa shape index (κ2) is 5.79. The van der Waals surface area contributed by atoms with Crippen molar-refractivity contribution in [3.8, 4) is 0 Å². The van der Waals surface area contributed by atoms with Crippen molar-refractivity contribution >= 4 is 29.1 Å². The summed E-state index contributed by atoms with van der Waals surface area (Å²) in [6.45, 7) is 0.437. The minimum absolute atomic E-state index is 0.110. The molecule has 2 N–H and O–H groups in total. The second-order valence-corrected chi connectivity index (χ2v) is 4.67. The summed E-state index contributed by atoms with van der Waals surface area (Å²) in [4.78, 5) is 25.7. The monoisotopic (exact) mass is 278 g/mol. The zero-order valence-electron chi connectivity index (χ0n) is 10.3. The number of hydrogen-bond donors (Lipinski definition) is 2. The number of carbonyl (C=O) groups is 1. The largest absolute Gasteiger partial charge is 0.481 e. The number of nitrogens with one attached hydrogen (secondary N) is 1. The SMILES string of the molecule is O=C(O)CCCCn1c(=S)[nH]c2ccccc2c1=O. The van der Waals surface area contributed by atoms with E-state index in [2.05, 4.69) is 4.98 Å². The molecule has 0 atom stereocenters. The quantitative estimate of drug-likeness (QED) is 0.650. The van der Waals surface area contributed by atoms with Gasteiger partial charge in [-0.05, 0) is 37.2 Å². The standard InChI is InChI=1S/C13H14N2O3S/c16-11(17)7-3-4-8-15-12(18)9-5-1-2-6-10(9)14-13(15)19/h1-2,5-6H,3-4,7-8H2,(H,14,19)(H,16,17). The lowest BCUT2D eigenvalue weighted by molar-refractivity contribution is -0.137. The molecule has 0 fully saturated rings. The maximum Gasteiger partial charge on any atom is 0.303 e. The molecule has 0 unspecified atom stereocenters. The second-order valence-electron chi connectivity index (χ2n) is 4.28. The van der Waals surface area contributed by atoms with Gasteiger partial charge in [0.1, 0.15) is 0 Å². The van der Waals surface area contributed by atoms with Crippen LogP contribution < -0.4 is 5.56 Å². The van der Waals surface area contributed by atoms with E-state index in [0.717, 1.165) is 5.52 Å². The van der Waals surface area contributed by atoms with Gasteiger partial charge in [-0.3, -0.25) is 14.2 Å². The number of nitrogens with zero attached hydrogens (tertiary/aromatic N) is 1. The Balaban J connectivity index is 2.26.